The van der Waals surface area contributed by atoms with Crippen molar-refractivity contribution in [2.75, 3.05) is 6.61 Å². The standard InChI is InChI=1S/C23H27ClO2/c24-23-8-7-19(20-10-16(14-25)11-22(26)13-20)12-21(23)9-15-1-3-17(4-2-15)18-5-6-18/h1-4,7-8,12,16,18,20,22,25-26H,5-6,9-11,13-14H2. The van der Waals surface area contributed by atoms with E-state index in [0.717, 1.165) is 35.8 Å². The minimum Gasteiger partial charge on any atom is -0.396 e. The van der Waals surface area contributed by atoms with Crippen LogP contribution in [-0.4, -0.2) is 22.9 Å². The van der Waals surface area contributed by atoms with Crippen LogP contribution in [0.3, 0.4) is 0 Å². The first-order valence-electron chi connectivity index (χ1n) is 9.78. The van der Waals surface area contributed by atoms with E-state index in [2.05, 4.69) is 36.4 Å². The lowest BCUT2D eigenvalue weighted by atomic mass is 9.76. The number of halogens is 1. The molecule has 0 aliphatic heterocycles. The van der Waals surface area contributed by atoms with Gasteiger partial charge in [-0.2, -0.15) is 0 Å². The van der Waals surface area contributed by atoms with Gasteiger partial charge in [0.2, 0.25) is 0 Å². The molecule has 0 heterocycles. The number of aliphatic hydroxyl groups is 2. The van der Waals surface area contributed by atoms with Gasteiger partial charge in [-0.25, -0.2) is 0 Å². The number of aliphatic hydroxyl groups excluding tert-OH is 2. The average molecular weight is 371 g/mol. The first-order valence-corrected chi connectivity index (χ1v) is 10.2. The van der Waals surface area contributed by atoms with Crippen molar-refractivity contribution in [3.05, 3.63) is 69.7 Å². The van der Waals surface area contributed by atoms with Gasteiger partial charge < -0.3 is 10.2 Å². The van der Waals surface area contributed by atoms with E-state index in [1.54, 1.807) is 0 Å². The minimum absolute atomic E-state index is 0.154. The largest absolute Gasteiger partial charge is 0.396 e. The molecule has 3 heteroatoms. The van der Waals surface area contributed by atoms with Gasteiger partial charge in [0.05, 0.1) is 6.10 Å². The first-order chi connectivity index (χ1) is 12.6. The summed E-state index contributed by atoms with van der Waals surface area (Å²) in [5, 5.41) is 20.4. The van der Waals surface area contributed by atoms with Crippen molar-refractivity contribution in [3.63, 3.8) is 0 Å². The van der Waals surface area contributed by atoms with Gasteiger partial charge in [-0.05, 0) is 84.6 Å². The molecule has 4 rings (SSSR count). The lowest BCUT2D eigenvalue weighted by Crippen LogP contribution is -2.27. The molecule has 2 fully saturated rings. The van der Waals surface area contributed by atoms with E-state index in [4.69, 9.17) is 11.6 Å². The van der Waals surface area contributed by atoms with Gasteiger partial charge in [0, 0.05) is 11.6 Å². The number of hydrogen-bond donors (Lipinski definition) is 2. The minimum atomic E-state index is -0.319. The first kappa shape index (κ1) is 18.0. The zero-order chi connectivity index (χ0) is 18.1. The zero-order valence-corrected chi connectivity index (χ0v) is 15.8. The molecule has 2 aromatic rings. The Hall–Kier alpha value is -1.35. The number of hydrogen-bond acceptors (Lipinski definition) is 2. The summed E-state index contributed by atoms with van der Waals surface area (Å²) < 4.78 is 0. The molecule has 0 amide bonds. The fourth-order valence-corrected chi connectivity index (χ4v) is 4.54. The summed E-state index contributed by atoms with van der Waals surface area (Å²) in [5.41, 5.74) is 5.12. The van der Waals surface area contributed by atoms with E-state index in [1.807, 2.05) is 6.07 Å². The monoisotopic (exact) mass is 370 g/mol. The SMILES string of the molecule is OCC1CC(O)CC(c2ccc(Cl)c(Cc3ccc(C4CC4)cc3)c2)C1. The van der Waals surface area contributed by atoms with Crippen LogP contribution < -0.4 is 0 Å². The molecule has 2 aliphatic rings. The average Bonchev–Trinajstić information content (AvgIpc) is 3.49. The maximum absolute atomic E-state index is 10.1. The van der Waals surface area contributed by atoms with Crippen LogP contribution in [0.15, 0.2) is 42.5 Å². The van der Waals surface area contributed by atoms with Crippen molar-refractivity contribution in [2.45, 2.75) is 56.5 Å². The molecule has 2 N–H and O–H groups in total. The Morgan fingerprint density at radius 1 is 0.885 bits per heavy atom. The van der Waals surface area contributed by atoms with Gasteiger partial charge in [-0.15, -0.1) is 0 Å². The smallest absolute Gasteiger partial charge is 0.0549 e. The third-order valence-corrected chi connectivity index (χ3v) is 6.37. The summed E-state index contributed by atoms with van der Waals surface area (Å²) in [6, 6.07) is 15.2. The Balaban J connectivity index is 1.52. The fourth-order valence-electron chi connectivity index (χ4n) is 4.35. The Morgan fingerprint density at radius 2 is 1.62 bits per heavy atom. The van der Waals surface area contributed by atoms with Crippen LogP contribution in [-0.2, 0) is 6.42 Å². The molecule has 26 heavy (non-hydrogen) atoms. The second kappa shape index (κ2) is 7.72. The van der Waals surface area contributed by atoms with Gasteiger partial charge in [0.15, 0.2) is 0 Å². The highest BCUT2D eigenvalue weighted by atomic mass is 35.5. The summed E-state index contributed by atoms with van der Waals surface area (Å²) >= 11 is 6.47. The van der Waals surface area contributed by atoms with E-state index in [0.29, 0.717) is 12.3 Å². The maximum atomic E-state index is 10.1. The molecule has 3 atom stereocenters. The van der Waals surface area contributed by atoms with Crippen LogP contribution in [0.5, 0.6) is 0 Å². The van der Waals surface area contributed by atoms with Gasteiger partial charge in [-0.3, -0.25) is 0 Å². The molecule has 0 spiro atoms. The highest BCUT2D eigenvalue weighted by Crippen LogP contribution is 2.40. The lowest BCUT2D eigenvalue weighted by Gasteiger charge is -2.32. The number of rotatable bonds is 5. The Kier molecular flexibility index (Phi) is 5.35. The lowest BCUT2D eigenvalue weighted by molar-refractivity contribution is 0.0650. The van der Waals surface area contributed by atoms with Crippen molar-refractivity contribution in [1.29, 1.82) is 0 Å². The highest BCUT2D eigenvalue weighted by molar-refractivity contribution is 6.31. The summed E-state index contributed by atoms with van der Waals surface area (Å²) in [5.74, 6) is 1.27. The molecule has 2 aromatic carbocycles. The molecule has 0 radical (unpaired) electrons. The van der Waals surface area contributed by atoms with E-state index < -0.39 is 0 Å². The maximum Gasteiger partial charge on any atom is 0.0549 e. The summed E-state index contributed by atoms with van der Waals surface area (Å²) in [4.78, 5) is 0. The van der Waals surface area contributed by atoms with Crippen molar-refractivity contribution in [3.8, 4) is 0 Å². The molecule has 2 nitrogen and oxygen atoms in total. The van der Waals surface area contributed by atoms with E-state index in [1.165, 1.54) is 29.5 Å². The third-order valence-electron chi connectivity index (χ3n) is 6.00. The molecular weight excluding hydrogens is 344 g/mol. The van der Waals surface area contributed by atoms with Crippen LogP contribution in [0, 0.1) is 5.92 Å². The summed E-state index contributed by atoms with van der Waals surface area (Å²) in [6.45, 7) is 0.154. The Morgan fingerprint density at radius 3 is 2.31 bits per heavy atom. The third kappa shape index (κ3) is 4.14. The fraction of sp³-hybridized carbons (Fsp3) is 0.478. The van der Waals surface area contributed by atoms with Crippen LogP contribution in [0.2, 0.25) is 5.02 Å². The quantitative estimate of drug-likeness (QED) is 0.773. The van der Waals surface area contributed by atoms with Gasteiger partial charge in [0.25, 0.3) is 0 Å². The van der Waals surface area contributed by atoms with Gasteiger partial charge in [-0.1, -0.05) is 48.0 Å². The van der Waals surface area contributed by atoms with E-state index >= 15 is 0 Å². The molecule has 0 saturated heterocycles. The van der Waals surface area contributed by atoms with Crippen molar-refractivity contribution in [1.82, 2.24) is 0 Å². The Labute approximate surface area is 160 Å². The second-order valence-electron chi connectivity index (χ2n) is 8.15. The Bertz CT molecular complexity index is 751. The van der Waals surface area contributed by atoms with Gasteiger partial charge >= 0.3 is 0 Å². The molecule has 3 unspecified atom stereocenters. The van der Waals surface area contributed by atoms with Crippen LogP contribution >= 0.6 is 11.6 Å². The van der Waals surface area contributed by atoms with Crippen LogP contribution in [0.4, 0.5) is 0 Å². The summed E-state index contributed by atoms with van der Waals surface area (Å²) in [7, 11) is 0. The van der Waals surface area contributed by atoms with Crippen LogP contribution in [0.25, 0.3) is 0 Å². The number of benzene rings is 2. The topological polar surface area (TPSA) is 40.5 Å². The van der Waals surface area contributed by atoms with Crippen LogP contribution in [0.1, 0.15) is 66.2 Å². The van der Waals surface area contributed by atoms with Crippen molar-refractivity contribution in [2.24, 2.45) is 5.92 Å². The normalized spacial score (nSPS) is 26.0. The molecule has 0 bridgehead atoms. The van der Waals surface area contributed by atoms with Crippen molar-refractivity contribution < 1.29 is 10.2 Å². The second-order valence-corrected chi connectivity index (χ2v) is 8.56. The molecule has 2 aliphatic carbocycles. The van der Waals surface area contributed by atoms with Crippen molar-refractivity contribution >= 4 is 11.6 Å². The molecular formula is C23H27ClO2. The molecule has 0 aromatic heterocycles. The predicted molar refractivity (Wildman–Crippen MR) is 106 cm³/mol. The zero-order valence-electron chi connectivity index (χ0n) is 15.1. The summed E-state index contributed by atoms with van der Waals surface area (Å²) in [6.07, 6.45) is 5.58. The predicted octanol–water partition coefficient (Wildman–Crippen LogP) is 5.05. The molecule has 138 valence electrons. The van der Waals surface area contributed by atoms with E-state index in [9.17, 15) is 10.2 Å². The highest BCUT2D eigenvalue weighted by Gasteiger charge is 2.28. The van der Waals surface area contributed by atoms with Gasteiger partial charge in [0.1, 0.15) is 0 Å². The molecule has 2 saturated carbocycles. The van der Waals surface area contributed by atoms with E-state index in [-0.39, 0.29) is 18.6 Å².